The normalized spacial score (nSPS) is 11.0. The van der Waals surface area contributed by atoms with Crippen molar-refractivity contribution in [1.29, 1.82) is 0 Å². The van der Waals surface area contributed by atoms with Crippen LogP contribution in [-0.4, -0.2) is 28.0 Å². The fourth-order valence-electron chi connectivity index (χ4n) is 1.97. The highest BCUT2D eigenvalue weighted by Gasteiger charge is 2.27. The van der Waals surface area contributed by atoms with Gasteiger partial charge >= 0.3 is 0 Å². The van der Waals surface area contributed by atoms with Crippen LogP contribution in [0.3, 0.4) is 0 Å². The van der Waals surface area contributed by atoms with Crippen molar-refractivity contribution >= 4 is 37.5 Å². The molecule has 0 unspecified atom stereocenters. The van der Waals surface area contributed by atoms with Crippen molar-refractivity contribution in [3.63, 3.8) is 0 Å². The molecule has 2 rings (SSSR count). The highest BCUT2D eigenvalue weighted by Crippen LogP contribution is 2.26. The highest BCUT2D eigenvalue weighted by molar-refractivity contribution is 9.10. The molecular weight excluding hydrogens is 398 g/mol. The fraction of sp³-hybridized carbons (Fsp3) is 0.133. The predicted molar refractivity (Wildman–Crippen MR) is 94.0 cm³/mol. The average molecular weight is 414 g/mol. The van der Waals surface area contributed by atoms with Gasteiger partial charge < -0.3 is 4.74 Å². The van der Waals surface area contributed by atoms with Gasteiger partial charge in [0.2, 0.25) is 0 Å². The number of benzene rings is 2. The van der Waals surface area contributed by atoms with Crippen LogP contribution in [0.25, 0.3) is 0 Å². The Kier molecular flexibility index (Phi) is 5.81. The van der Waals surface area contributed by atoms with E-state index in [0.717, 1.165) is 8.78 Å². The number of anilines is 1. The highest BCUT2D eigenvalue weighted by atomic mass is 79.9. The Morgan fingerprint density at radius 1 is 1.17 bits per heavy atom. The molecule has 0 spiro atoms. The molecular formula is C15H16BrN3O4S. The Hall–Kier alpha value is -2.10. The smallest absolute Gasteiger partial charge is 0.264 e. The Labute approximate surface area is 148 Å². The standard InChI is InChI=1S/C15H16BrN3O4S/c1-23-13-6-4-12(5-7-13)19(10-15(20)18-17)24(21,22)14-8-2-11(16)3-9-14/h2-9H,10,17H2,1H3,(H,18,20). The number of hydrogen-bond donors (Lipinski definition) is 2. The Balaban J connectivity index is 2.47. The molecule has 3 N–H and O–H groups in total. The summed E-state index contributed by atoms with van der Waals surface area (Å²) in [5.41, 5.74) is 2.26. The zero-order valence-electron chi connectivity index (χ0n) is 12.8. The van der Waals surface area contributed by atoms with Crippen molar-refractivity contribution in [3.8, 4) is 5.75 Å². The molecule has 2 aromatic carbocycles. The summed E-state index contributed by atoms with van der Waals surface area (Å²) in [7, 11) is -2.43. The van der Waals surface area contributed by atoms with Crippen molar-refractivity contribution in [3.05, 3.63) is 53.0 Å². The van der Waals surface area contributed by atoms with E-state index in [-0.39, 0.29) is 4.90 Å². The number of nitrogens with zero attached hydrogens (tertiary/aromatic N) is 1. The lowest BCUT2D eigenvalue weighted by Gasteiger charge is -2.24. The Morgan fingerprint density at radius 2 is 1.75 bits per heavy atom. The maximum Gasteiger partial charge on any atom is 0.264 e. The lowest BCUT2D eigenvalue weighted by atomic mass is 10.3. The molecule has 2 aromatic rings. The van der Waals surface area contributed by atoms with Crippen LogP contribution in [0, 0.1) is 0 Å². The first-order valence-corrected chi connectivity index (χ1v) is 9.03. The van der Waals surface area contributed by atoms with Gasteiger partial charge in [-0.3, -0.25) is 14.5 Å². The number of ether oxygens (including phenoxy) is 1. The third kappa shape index (κ3) is 4.05. The molecule has 1 amide bonds. The molecule has 128 valence electrons. The summed E-state index contributed by atoms with van der Waals surface area (Å²) in [5, 5.41) is 0. The van der Waals surface area contributed by atoms with Gasteiger partial charge in [0.05, 0.1) is 17.7 Å². The summed E-state index contributed by atoms with van der Waals surface area (Å²) >= 11 is 3.26. The van der Waals surface area contributed by atoms with Crippen LogP contribution in [0.5, 0.6) is 5.75 Å². The van der Waals surface area contributed by atoms with Crippen LogP contribution >= 0.6 is 15.9 Å². The Bertz CT molecular complexity index is 808. The van der Waals surface area contributed by atoms with E-state index in [1.165, 1.54) is 19.2 Å². The van der Waals surface area contributed by atoms with Crippen molar-refractivity contribution in [2.24, 2.45) is 5.84 Å². The topological polar surface area (TPSA) is 102 Å². The van der Waals surface area contributed by atoms with Gasteiger partial charge in [-0.15, -0.1) is 0 Å². The van der Waals surface area contributed by atoms with Gasteiger partial charge in [0.1, 0.15) is 12.3 Å². The number of carbonyl (C=O) groups excluding carboxylic acids is 1. The van der Waals surface area contributed by atoms with E-state index in [0.29, 0.717) is 11.4 Å². The molecule has 0 aromatic heterocycles. The van der Waals surface area contributed by atoms with E-state index in [1.54, 1.807) is 36.4 Å². The molecule has 0 fully saturated rings. The minimum Gasteiger partial charge on any atom is -0.497 e. The molecule has 24 heavy (non-hydrogen) atoms. The van der Waals surface area contributed by atoms with Gasteiger partial charge in [0.25, 0.3) is 15.9 Å². The van der Waals surface area contributed by atoms with Gasteiger partial charge in [-0.25, -0.2) is 14.3 Å². The maximum absolute atomic E-state index is 12.9. The van der Waals surface area contributed by atoms with E-state index in [9.17, 15) is 13.2 Å². The molecule has 0 saturated carbocycles. The molecule has 0 saturated heterocycles. The SMILES string of the molecule is COc1ccc(N(CC(=O)NN)S(=O)(=O)c2ccc(Br)cc2)cc1. The van der Waals surface area contributed by atoms with E-state index in [4.69, 9.17) is 10.6 Å². The largest absolute Gasteiger partial charge is 0.497 e. The van der Waals surface area contributed by atoms with Crippen LogP contribution in [0.15, 0.2) is 57.9 Å². The first-order chi connectivity index (χ1) is 11.4. The van der Waals surface area contributed by atoms with E-state index < -0.39 is 22.5 Å². The van der Waals surface area contributed by atoms with Crippen molar-refractivity contribution in [1.82, 2.24) is 5.43 Å². The lowest BCUT2D eigenvalue weighted by molar-refractivity contribution is -0.119. The van der Waals surface area contributed by atoms with Gasteiger partial charge in [0.15, 0.2) is 0 Å². The van der Waals surface area contributed by atoms with Gasteiger partial charge in [-0.05, 0) is 48.5 Å². The van der Waals surface area contributed by atoms with Gasteiger partial charge in [0, 0.05) is 4.47 Å². The molecule has 7 nitrogen and oxygen atoms in total. The first-order valence-electron chi connectivity index (χ1n) is 6.80. The predicted octanol–water partition coefficient (Wildman–Crippen LogP) is 1.64. The summed E-state index contributed by atoms with van der Waals surface area (Å²) < 4.78 is 32.6. The molecule has 0 atom stereocenters. The van der Waals surface area contributed by atoms with Crippen molar-refractivity contribution in [2.75, 3.05) is 18.0 Å². The summed E-state index contributed by atoms with van der Waals surface area (Å²) in [4.78, 5) is 11.7. The number of rotatable bonds is 6. The number of sulfonamides is 1. The van der Waals surface area contributed by atoms with Crippen molar-refractivity contribution < 1.29 is 17.9 Å². The number of hydrazine groups is 1. The van der Waals surface area contributed by atoms with Crippen LogP contribution in [0.2, 0.25) is 0 Å². The fourth-order valence-corrected chi connectivity index (χ4v) is 3.66. The second kappa shape index (κ2) is 7.65. The minimum absolute atomic E-state index is 0.0614. The van der Waals surface area contributed by atoms with Crippen LogP contribution in [-0.2, 0) is 14.8 Å². The van der Waals surface area contributed by atoms with Gasteiger partial charge in [-0.1, -0.05) is 15.9 Å². The molecule has 0 bridgehead atoms. The third-order valence-corrected chi connectivity index (χ3v) is 5.53. The monoisotopic (exact) mass is 413 g/mol. The second-order valence-corrected chi connectivity index (χ2v) is 7.51. The summed E-state index contributed by atoms with van der Waals surface area (Å²) in [5.74, 6) is 5.04. The Morgan fingerprint density at radius 3 is 2.25 bits per heavy atom. The second-order valence-electron chi connectivity index (χ2n) is 4.73. The van der Waals surface area contributed by atoms with Crippen LogP contribution in [0.4, 0.5) is 5.69 Å². The molecule has 9 heteroatoms. The number of carbonyl (C=O) groups is 1. The zero-order chi connectivity index (χ0) is 17.7. The molecule has 0 aliphatic carbocycles. The van der Waals surface area contributed by atoms with Crippen LogP contribution in [0.1, 0.15) is 0 Å². The first kappa shape index (κ1) is 18.2. The van der Waals surface area contributed by atoms with E-state index >= 15 is 0 Å². The molecule has 0 radical (unpaired) electrons. The molecule has 0 aliphatic rings. The van der Waals surface area contributed by atoms with Gasteiger partial charge in [-0.2, -0.15) is 0 Å². The number of hydrogen-bond acceptors (Lipinski definition) is 5. The van der Waals surface area contributed by atoms with E-state index in [2.05, 4.69) is 15.9 Å². The maximum atomic E-state index is 12.9. The number of nitrogens with two attached hydrogens (primary N) is 1. The molecule has 0 heterocycles. The van der Waals surface area contributed by atoms with Crippen LogP contribution < -0.4 is 20.3 Å². The minimum atomic E-state index is -3.94. The number of halogens is 1. The summed E-state index contributed by atoms with van der Waals surface area (Å²) in [6, 6.07) is 12.5. The van der Waals surface area contributed by atoms with Crippen molar-refractivity contribution in [2.45, 2.75) is 4.90 Å². The number of methoxy groups -OCH3 is 1. The number of amides is 1. The molecule has 0 aliphatic heterocycles. The number of nitrogens with one attached hydrogen (secondary N) is 1. The third-order valence-electron chi connectivity index (χ3n) is 3.21. The quantitative estimate of drug-likeness (QED) is 0.425. The summed E-state index contributed by atoms with van der Waals surface area (Å²) in [6.45, 7) is -0.443. The summed E-state index contributed by atoms with van der Waals surface area (Å²) in [6.07, 6.45) is 0. The average Bonchev–Trinajstić information content (AvgIpc) is 2.59. The lowest BCUT2D eigenvalue weighted by Crippen LogP contribution is -2.43. The zero-order valence-corrected chi connectivity index (χ0v) is 15.2. The van der Waals surface area contributed by atoms with E-state index in [1.807, 2.05) is 5.43 Å².